The lowest BCUT2D eigenvalue weighted by Gasteiger charge is -2.26. The van der Waals surface area contributed by atoms with Crippen molar-refractivity contribution in [1.29, 1.82) is 0 Å². The predicted molar refractivity (Wildman–Crippen MR) is 69.1 cm³/mol. The molecule has 0 unspecified atom stereocenters. The quantitative estimate of drug-likeness (QED) is 0.792. The molecule has 1 aliphatic rings. The summed E-state index contributed by atoms with van der Waals surface area (Å²) in [6.07, 6.45) is 2.76. The van der Waals surface area contributed by atoms with E-state index in [-0.39, 0.29) is 6.10 Å². The fourth-order valence-electron chi connectivity index (χ4n) is 1.69. The molecule has 19 heavy (non-hydrogen) atoms. The molecule has 2 rings (SSSR count). The van der Waals surface area contributed by atoms with Crippen LogP contribution in [-0.2, 0) is 20.9 Å². The first-order valence-corrected chi connectivity index (χ1v) is 5.96. The molecule has 0 atom stereocenters. The van der Waals surface area contributed by atoms with Crippen molar-refractivity contribution in [1.82, 2.24) is 0 Å². The number of methoxy groups -OCH3 is 1. The third-order valence-corrected chi connectivity index (χ3v) is 2.79. The maximum absolute atomic E-state index is 10.6. The van der Waals surface area contributed by atoms with E-state index in [1.807, 2.05) is 12.1 Å². The zero-order valence-corrected chi connectivity index (χ0v) is 10.7. The van der Waals surface area contributed by atoms with Crippen LogP contribution in [0, 0.1) is 0 Å². The van der Waals surface area contributed by atoms with Crippen LogP contribution in [0.1, 0.15) is 11.1 Å². The van der Waals surface area contributed by atoms with E-state index in [9.17, 15) is 4.79 Å². The zero-order valence-electron chi connectivity index (χ0n) is 10.7. The van der Waals surface area contributed by atoms with Crippen LogP contribution in [0.15, 0.2) is 24.3 Å². The Morgan fingerprint density at radius 2 is 2.32 bits per heavy atom. The Kier molecular flexibility index (Phi) is 4.54. The van der Waals surface area contributed by atoms with Crippen molar-refractivity contribution < 1.29 is 24.1 Å². The van der Waals surface area contributed by atoms with E-state index in [1.54, 1.807) is 13.2 Å². The topological polar surface area (TPSA) is 65.0 Å². The Morgan fingerprint density at radius 1 is 1.53 bits per heavy atom. The number of benzene rings is 1. The van der Waals surface area contributed by atoms with Crippen LogP contribution in [-0.4, -0.2) is 37.5 Å². The van der Waals surface area contributed by atoms with Gasteiger partial charge in [0.05, 0.1) is 26.9 Å². The zero-order chi connectivity index (χ0) is 13.7. The van der Waals surface area contributed by atoms with Gasteiger partial charge in [-0.15, -0.1) is 0 Å². The predicted octanol–water partition coefficient (Wildman–Crippen LogP) is 1.71. The van der Waals surface area contributed by atoms with E-state index in [2.05, 4.69) is 0 Å². The summed E-state index contributed by atoms with van der Waals surface area (Å²) in [6.45, 7) is 1.76. The summed E-state index contributed by atoms with van der Waals surface area (Å²) in [7, 11) is 1.55. The normalized spacial score (nSPS) is 15.4. The van der Waals surface area contributed by atoms with E-state index in [4.69, 9.17) is 19.3 Å². The molecule has 0 radical (unpaired) electrons. The van der Waals surface area contributed by atoms with Crippen molar-refractivity contribution in [2.24, 2.45) is 0 Å². The van der Waals surface area contributed by atoms with Gasteiger partial charge in [0.15, 0.2) is 0 Å². The van der Waals surface area contributed by atoms with Crippen LogP contribution in [0.4, 0.5) is 0 Å². The van der Waals surface area contributed by atoms with Gasteiger partial charge in [0, 0.05) is 11.6 Å². The molecule has 1 fully saturated rings. The molecule has 1 heterocycles. The SMILES string of the molecule is COc1ccc(COC2COC2)cc1/C=C/C(=O)O. The smallest absolute Gasteiger partial charge is 0.328 e. The number of carboxylic acid groups (broad SMARTS) is 1. The standard InChI is InChI=1S/C14H16O5/c1-17-13-4-2-10(7-19-12-8-18-9-12)6-11(13)3-5-14(15)16/h2-6,12H,7-9H2,1H3,(H,15,16)/b5-3+. The molecule has 1 saturated heterocycles. The highest BCUT2D eigenvalue weighted by atomic mass is 16.6. The minimum atomic E-state index is -0.990. The van der Waals surface area contributed by atoms with Crippen LogP contribution in [0.3, 0.4) is 0 Å². The molecule has 1 aliphatic heterocycles. The lowest BCUT2D eigenvalue weighted by Crippen LogP contribution is -2.35. The van der Waals surface area contributed by atoms with Gasteiger partial charge in [0.2, 0.25) is 0 Å². The molecule has 1 aromatic carbocycles. The first-order valence-electron chi connectivity index (χ1n) is 5.96. The fraction of sp³-hybridized carbons (Fsp3) is 0.357. The average Bonchev–Trinajstić information content (AvgIpc) is 2.34. The molecule has 1 N–H and O–H groups in total. The monoisotopic (exact) mass is 264 g/mol. The van der Waals surface area contributed by atoms with E-state index < -0.39 is 5.97 Å². The third-order valence-electron chi connectivity index (χ3n) is 2.79. The second-order valence-corrected chi connectivity index (χ2v) is 4.22. The molecule has 0 aliphatic carbocycles. The lowest BCUT2D eigenvalue weighted by atomic mass is 10.1. The number of rotatable bonds is 6. The molecule has 0 amide bonds. The largest absolute Gasteiger partial charge is 0.496 e. The summed E-state index contributed by atoms with van der Waals surface area (Å²) in [4.78, 5) is 10.6. The number of carbonyl (C=O) groups is 1. The molecule has 102 valence electrons. The van der Waals surface area contributed by atoms with Crippen LogP contribution in [0.5, 0.6) is 5.75 Å². The Bertz CT molecular complexity index is 477. The molecule has 5 nitrogen and oxygen atoms in total. The summed E-state index contributed by atoms with van der Waals surface area (Å²) in [5.41, 5.74) is 1.69. The molecule has 5 heteroatoms. The first-order chi connectivity index (χ1) is 9.19. The third kappa shape index (κ3) is 3.81. The molecule has 1 aromatic rings. The molecule has 0 aromatic heterocycles. The maximum Gasteiger partial charge on any atom is 0.328 e. The van der Waals surface area contributed by atoms with E-state index in [0.717, 1.165) is 17.2 Å². The second kappa shape index (κ2) is 6.36. The number of carboxylic acids is 1. The van der Waals surface area contributed by atoms with Crippen LogP contribution >= 0.6 is 0 Å². The highest BCUT2D eigenvalue weighted by Crippen LogP contribution is 2.22. The summed E-state index contributed by atoms with van der Waals surface area (Å²) >= 11 is 0. The van der Waals surface area contributed by atoms with E-state index >= 15 is 0 Å². The number of aliphatic carboxylic acids is 1. The van der Waals surface area contributed by atoms with Crippen LogP contribution < -0.4 is 4.74 Å². The second-order valence-electron chi connectivity index (χ2n) is 4.22. The fourth-order valence-corrected chi connectivity index (χ4v) is 1.69. The first kappa shape index (κ1) is 13.6. The summed E-state index contributed by atoms with van der Waals surface area (Å²) in [5.74, 6) is -0.358. The van der Waals surface area contributed by atoms with Gasteiger partial charge in [0.25, 0.3) is 0 Å². The minimum absolute atomic E-state index is 0.167. The van der Waals surface area contributed by atoms with Gasteiger partial charge in [-0.25, -0.2) is 4.79 Å². The van der Waals surface area contributed by atoms with E-state index in [1.165, 1.54) is 6.08 Å². The average molecular weight is 264 g/mol. The van der Waals surface area contributed by atoms with Crippen molar-refractivity contribution in [3.05, 3.63) is 35.4 Å². The minimum Gasteiger partial charge on any atom is -0.496 e. The van der Waals surface area contributed by atoms with Crippen molar-refractivity contribution in [3.8, 4) is 5.75 Å². The number of hydrogen-bond donors (Lipinski definition) is 1. The molecule has 0 saturated carbocycles. The highest BCUT2D eigenvalue weighted by molar-refractivity contribution is 5.85. The van der Waals surface area contributed by atoms with Gasteiger partial charge in [-0.1, -0.05) is 6.07 Å². The molecular weight excluding hydrogens is 248 g/mol. The Morgan fingerprint density at radius 3 is 2.89 bits per heavy atom. The molecule has 0 spiro atoms. The van der Waals surface area contributed by atoms with Crippen LogP contribution in [0.25, 0.3) is 6.08 Å². The van der Waals surface area contributed by atoms with Crippen molar-refractivity contribution >= 4 is 12.0 Å². The number of ether oxygens (including phenoxy) is 3. The summed E-state index contributed by atoms with van der Waals surface area (Å²) in [5, 5.41) is 8.66. The van der Waals surface area contributed by atoms with E-state index in [0.29, 0.717) is 25.6 Å². The number of hydrogen-bond acceptors (Lipinski definition) is 4. The maximum atomic E-state index is 10.6. The van der Waals surface area contributed by atoms with Gasteiger partial charge in [-0.3, -0.25) is 0 Å². The summed E-state index contributed by atoms with van der Waals surface area (Å²) in [6, 6.07) is 5.56. The molecular formula is C14H16O5. The lowest BCUT2D eigenvalue weighted by molar-refractivity contribution is -0.135. The molecule has 0 bridgehead atoms. The van der Waals surface area contributed by atoms with Gasteiger partial charge in [-0.05, 0) is 23.8 Å². The Hall–Kier alpha value is -1.85. The highest BCUT2D eigenvalue weighted by Gasteiger charge is 2.18. The van der Waals surface area contributed by atoms with Crippen molar-refractivity contribution in [2.75, 3.05) is 20.3 Å². The van der Waals surface area contributed by atoms with Crippen molar-refractivity contribution in [2.45, 2.75) is 12.7 Å². The van der Waals surface area contributed by atoms with Crippen LogP contribution in [0.2, 0.25) is 0 Å². The Balaban J connectivity index is 2.07. The van der Waals surface area contributed by atoms with Gasteiger partial charge >= 0.3 is 5.97 Å². The van der Waals surface area contributed by atoms with Gasteiger partial charge in [-0.2, -0.15) is 0 Å². The Labute approximate surface area is 111 Å². The van der Waals surface area contributed by atoms with Crippen molar-refractivity contribution in [3.63, 3.8) is 0 Å². The van der Waals surface area contributed by atoms with Gasteiger partial charge < -0.3 is 19.3 Å². The summed E-state index contributed by atoms with van der Waals surface area (Å²) < 4.78 is 15.8. The van der Waals surface area contributed by atoms with Gasteiger partial charge in [0.1, 0.15) is 11.9 Å².